The van der Waals surface area contributed by atoms with E-state index in [1.807, 2.05) is 6.92 Å². The molecule has 4 bridgehead atoms. The van der Waals surface area contributed by atoms with E-state index in [1.54, 1.807) is 32.9 Å². The van der Waals surface area contributed by atoms with Gasteiger partial charge in [-0.25, -0.2) is 4.79 Å². The van der Waals surface area contributed by atoms with Crippen LogP contribution in [0.5, 0.6) is 5.75 Å². The number of benzene rings is 1. The molecule has 1 fully saturated rings. The number of nitrogens with one attached hydrogen (secondary N) is 1. The summed E-state index contributed by atoms with van der Waals surface area (Å²) >= 11 is 0. The van der Waals surface area contributed by atoms with Crippen LogP contribution in [0, 0.1) is 18.8 Å². The molecule has 40 heavy (non-hydrogen) atoms. The number of carbonyl (C=O) groups excluding carboxylic acids is 4. The zero-order valence-electron chi connectivity index (χ0n) is 23.3. The number of hydrogen-bond acceptors (Lipinski definition) is 8. The highest BCUT2D eigenvalue weighted by molar-refractivity contribution is 6.17. The van der Waals surface area contributed by atoms with E-state index in [0.29, 0.717) is 12.8 Å². The van der Waals surface area contributed by atoms with Crippen LogP contribution in [0.25, 0.3) is 0 Å². The highest BCUT2D eigenvalue weighted by atomic mass is 16.6. The number of amides is 1. The van der Waals surface area contributed by atoms with Crippen LogP contribution in [0.15, 0.2) is 53.3 Å². The zero-order chi connectivity index (χ0) is 29.5. The van der Waals surface area contributed by atoms with E-state index in [1.165, 1.54) is 25.1 Å². The maximum atomic E-state index is 13.5. The highest BCUT2D eigenvalue weighted by Gasteiger charge is 2.55. The van der Waals surface area contributed by atoms with Gasteiger partial charge in [0.25, 0.3) is 0 Å². The molecule has 0 spiro atoms. The first-order valence-corrected chi connectivity index (χ1v) is 13.4. The predicted octanol–water partition coefficient (Wildman–Crippen LogP) is 3.46. The third kappa shape index (κ3) is 5.07. The van der Waals surface area contributed by atoms with Gasteiger partial charge >= 0.3 is 5.97 Å². The van der Waals surface area contributed by atoms with Gasteiger partial charge in [-0.05, 0) is 64.2 Å². The fourth-order valence-corrected chi connectivity index (χ4v) is 5.48. The number of ether oxygens (including phenoxy) is 1. The molecule has 1 saturated heterocycles. The summed E-state index contributed by atoms with van der Waals surface area (Å²) in [5, 5.41) is 36.4. The molecule has 1 amide bonds. The summed E-state index contributed by atoms with van der Waals surface area (Å²) in [6, 6.07) is 1.40. The van der Waals surface area contributed by atoms with E-state index in [2.05, 4.69) is 5.32 Å². The van der Waals surface area contributed by atoms with Gasteiger partial charge in [-0.15, -0.1) is 0 Å². The van der Waals surface area contributed by atoms with Crippen LogP contribution in [0.2, 0.25) is 0 Å². The summed E-state index contributed by atoms with van der Waals surface area (Å²) in [5.41, 5.74) is -1.48. The summed E-state index contributed by atoms with van der Waals surface area (Å²) in [6.45, 7) is 8.50. The number of ketones is 2. The largest absolute Gasteiger partial charge is 0.507 e. The third-order valence-corrected chi connectivity index (χ3v) is 7.77. The number of allylic oxidation sites excluding steroid dienone is 3. The number of aromatic hydroxyl groups is 1. The lowest BCUT2D eigenvalue weighted by molar-refractivity contribution is -0.145. The maximum absolute atomic E-state index is 13.5. The van der Waals surface area contributed by atoms with Gasteiger partial charge in [0.05, 0.1) is 17.2 Å². The van der Waals surface area contributed by atoms with Crippen molar-refractivity contribution in [1.29, 1.82) is 0 Å². The van der Waals surface area contributed by atoms with Crippen molar-refractivity contribution in [2.45, 2.75) is 71.7 Å². The van der Waals surface area contributed by atoms with Gasteiger partial charge in [0.2, 0.25) is 5.91 Å². The summed E-state index contributed by atoms with van der Waals surface area (Å²) in [6.07, 6.45) is 6.01. The number of aliphatic hydroxyl groups excluding tert-OH is 1. The second kappa shape index (κ2) is 11.0. The second-order valence-electron chi connectivity index (χ2n) is 11.0. The molecule has 212 valence electrons. The Morgan fingerprint density at radius 3 is 2.50 bits per heavy atom. The van der Waals surface area contributed by atoms with Crippen molar-refractivity contribution in [3.8, 4) is 5.75 Å². The standard InChI is InChI=1S/C31H35NO8/c1-6-18-7-9-21(33)24(11-15(2)3)40-30(38)17(5)13-20-29(37)32-25-14-23(35)26-19(31(20,25)39)12-16(4)28(36)27(26)22(34)10-8-18/h7,9,11-14,18,20-21,24,33,36,39H,6,8,10H2,1-5H3,(H,32,37)/b9-7-,17-13-/t18-,20-,21+,24+,31-/m0/s1. The molecule has 1 aromatic carbocycles. The number of Topliss-reactive ketones (excluding diaryl/α,β-unsaturated/α-hetero) is 1. The van der Waals surface area contributed by atoms with Gasteiger partial charge in [0, 0.05) is 29.2 Å². The Kier molecular flexibility index (Phi) is 8.01. The maximum Gasteiger partial charge on any atom is 0.334 e. The fraction of sp³-hybridized carbons (Fsp3) is 0.419. The molecule has 4 rings (SSSR count). The minimum Gasteiger partial charge on any atom is -0.507 e. The van der Waals surface area contributed by atoms with Crippen LogP contribution < -0.4 is 5.32 Å². The van der Waals surface area contributed by atoms with Crippen LogP contribution in [0.3, 0.4) is 0 Å². The summed E-state index contributed by atoms with van der Waals surface area (Å²) in [5.74, 6) is -4.41. The van der Waals surface area contributed by atoms with Crippen LogP contribution in [-0.4, -0.2) is 51.0 Å². The van der Waals surface area contributed by atoms with Gasteiger partial charge in [0.15, 0.2) is 11.6 Å². The molecule has 0 saturated carbocycles. The van der Waals surface area contributed by atoms with Crippen molar-refractivity contribution >= 4 is 23.4 Å². The molecular formula is C31H35NO8. The van der Waals surface area contributed by atoms with Crippen molar-refractivity contribution in [2.24, 2.45) is 11.8 Å². The monoisotopic (exact) mass is 549 g/mol. The second-order valence-corrected chi connectivity index (χ2v) is 11.0. The Morgan fingerprint density at radius 1 is 1.15 bits per heavy atom. The number of phenols is 1. The Morgan fingerprint density at radius 2 is 1.85 bits per heavy atom. The summed E-state index contributed by atoms with van der Waals surface area (Å²) < 4.78 is 5.62. The van der Waals surface area contributed by atoms with E-state index < -0.39 is 47.2 Å². The van der Waals surface area contributed by atoms with Gasteiger partial charge in [-0.3, -0.25) is 14.4 Å². The minimum atomic E-state index is -2.10. The van der Waals surface area contributed by atoms with Gasteiger partial charge in [-0.1, -0.05) is 30.7 Å². The number of rotatable bonds is 2. The van der Waals surface area contributed by atoms with Crippen LogP contribution in [0.1, 0.15) is 78.8 Å². The Bertz CT molecular complexity index is 1410. The predicted molar refractivity (Wildman–Crippen MR) is 146 cm³/mol. The number of phenolic OH excluding ortho intramolecular Hbond substituents is 1. The molecule has 1 aliphatic carbocycles. The molecule has 0 unspecified atom stereocenters. The molecule has 9 heteroatoms. The first-order valence-electron chi connectivity index (χ1n) is 13.4. The summed E-state index contributed by atoms with van der Waals surface area (Å²) in [4.78, 5) is 53.1. The summed E-state index contributed by atoms with van der Waals surface area (Å²) in [7, 11) is 0. The molecule has 4 N–H and O–H groups in total. The van der Waals surface area contributed by atoms with Crippen molar-refractivity contribution in [3.63, 3.8) is 0 Å². The smallest absolute Gasteiger partial charge is 0.334 e. The third-order valence-electron chi connectivity index (χ3n) is 7.77. The molecule has 2 heterocycles. The van der Waals surface area contributed by atoms with E-state index in [4.69, 9.17) is 4.74 Å². The van der Waals surface area contributed by atoms with Crippen LogP contribution in [0.4, 0.5) is 0 Å². The number of hydrogen-bond donors (Lipinski definition) is 4. The normalized spacial score (nSPS) is 30.9. The first kappa shape index (κ1) is 29.2. The molecule has 2 aliphatic heterocycles. The highest BCUT2D eigenvalue weighted by Crippen LogP contribution is 2.49. The van der Waals surface area contributed by atoms with E-state index in [0.717, 1.165) is 11.6 Å². The Hall–Kier alpha value is -3.82. The van der Waals surface area contributed by atoms with Crippen molar-refractivity contribution < 1.29 is 39.2 Å². The molecule has 3 aliphatic rings. The topological polar surface area (TPSA) is 150 Å². The molecular weight excluding hydrogens is 514 g/mol. The minimum absolute atomic E-state index is 0.000776. The molecule has 1 aromatic rings. The van der Waals surface area contributed by atoms with Crippen molar-refractivity contribution in [3.05, 3.63) is 75.5 Å². The first-order chi connectivity index (χ1) is 18.8. The number of cyclic esters (lactones) is 1. The van der Waals surface area contributed by atoms with Crippen molar-refractivity contribution in [2.75, 3.05) is 0 Å². The SMILES string of the molecule is CC[C@H]1/C=C\[C@@H](O)[C@@H](C=C(C)C)OC(=O)/C(C)=C\[C@H]2C(=O)NC3=CC(=O)c4c(cc(C)c(O)c4C(=O)CC1)[C@@]32O. The van der Waals surface area contributed by atoms with E-state index in [9.17, 15) is 34.5 Å². The van der Waals surface area contributed by atoms with Crippen LogP contribution in [-0.2, 0) is 19.9 Å². The Balaban J connectivity index is 1.95. The Labute approximate surface area is 232 Å². The molecule has 0 radical (unpaired) electrons. The van der Waals surface area contributed by atoms with E-state index >= 15 is 0 Å². The average molecular weight is 550 g/mol. The van der Waals surface area contributed by atoms with Gasteiger partial charge in [-0.2, -0.15) is 0 Å². The average Bonchev–Trinajstić information content (AvgIpc) is 3.13. The quantitative estimate of drug-likeness (QED) is 0.324. The lowest BCUT2D eigenvalue weighted by Gasteiger charge is -2.34. The van der Waals surface area contributed by atoms with Gasteiger partial charge < -0.3 is 25.4 Å². The van der Waals surface area contributed by atoms with Gasteiger partial charge in [0.1, 0.15) is 23.6 Å². The molecule has 5 atom stereocenters. The lowest BCUT2D eigenvalue weighted by Crippen LogP contribution is -2.39. The van der Waals surface area contributed by atoms with Crippen molar-refractivity contribution in [1.82, 2.24) is 5.32 Å². The zero-order valence-corrected chi connectivity index (χ0v) is 23.3. The number of carbonyl (C=O) groups is 4. The van der Waals surface area contributed by atoms with Crippen LogP contribution >= 0.6 is 0 Å². The number of aryl methyl sites for hydroxylation is 1. The van der Waals surface area contributed by atoms with E-state index in [-0.39, 0.29) is 51.6 Å². The molecule has 0 aromatic heterocycles. The molecule has 9 nitrogen and oxygen atoms in total. The lowest BCUT2D eigenvalue weighted by atomic mass is 9.72. The number of aliphatic hydroxyl groups is 2. The fourth-order valence-electron chi connectivity index (χ4n) is 5.48. The number of esters is 1.